The van der Waals surface area contributed by atoms with Crippen LogP contribution in [0.3, 0.4) is 0 Å². The number of carbonyl (C=O) groups excluding carboxylic acids is 1. The van der Waals surface area contributed by atoms with E-state index in [1.165, 1.54) is 22.3 Å². The number of tetrazole rings is 1. The van der Waals surface area contributed by atoms with Gasteiger partial charge in [-0.05, 0) is 83.2 Å². The lowest BCUT2D eigenvalue weighted by molar-refractivity contribution is -0.156. The molecule has 0 spiro atoms. The van der Waals surface area contributed by atoms with E-state index in [0.717, 1.165) is 22.3 Å². The molecule has 1 aliphatic heterocycles. The molecule has 1 aliphatic rings. The third kappa shape index (κ3) is 4.99. The van der Waals surface area contributed by atoms with E-state index >= 15 is 0 Å². The van der Waals surface area contributed by atoms with Crippen molar-refractivity contribution in [2.75, 3.05) is 0 Å². The molecule has 0 radical (unpaired) electrons. The Morgan fingerprint density at radius 1 is 1.03 bits per heavy atom. The number of hydrogen-bond donors (Lipinski definition) is 1. The average molecular weight is 459 g/mol. The zero-order valence-electron chi connectivity index (χ0n) is 20.2. The Balaban J connectivity index is 1.96. The van der Waals surface area contributed by atoms with E-state index in [0.29, 0.717) is 12.2 Å². The predicted octanol–water partition coefficient (Wildman–Crippen LogP) is 4.03. The number of aliphatic hydroxyl groups excluding tert-OH is 1. The summed E-state index contributed by atoms with van der Waals surface area (Å²) in [7, 11) is 1.80. The number of benzene rings is 2. The van der Waals surface area contributed by atoms with Crippen LogP contribution in [0.25, 0.3) is 11.1 Å². The summed E-state index contributed by atoms with van der Waals surface area (Å²) in [6, 6.07) is 12.8. The van der Waals surface area contributed by atoms with Crippen molar-refractivity contribution in [2.24, 2.45) is 7.05 Å². The average Bonchev–Trinajstić information content (AvgIpc) is 3.20. The Hall–Kier alpha value is -3.58. The van der Waals surface area contributed by atoms with E-state index in [4.69, 9.17) is 4.74 Å². The van der Waals surface area contributed by atoms with Crippen LogP contribution in [0.2, 0.25) is 0 Å². The summed E-state index contributed by atoms with van der Waals surface area (Å²) in [5.41, 5.74) is 8.64. The third-order valence-electron chi connectivity index (χ3n) is 6.39. The molecule has 1 aromatic heterocycles. The maximum Gasteiger partial charge on any atom is 0.309 e. The van der Waals surface area contributed by atoms with Crippen LogP contribution in [-0.2, 0) is 16.6 Å². The van der Waals surface area contributed by atoms with Crippen LogP contribution in [0.5, 0.6) is 0 Å². The Bertz CT molecular complexity index is 1240. The molecule has 2 atom stereocenters. The molecule has 1 fully saturated rings. The van der Waals surface area contributed by atoms with E-state index in [1.54, 1.807) is 11.7 Å². The number of nitrogens with zero attached hydrogens (tertiary/aromatic N) is 4. The zero-order valence-corrected chi connectivity index (χ0v) is 20.2. The van der Waals surface area contributed by atoms with E-state index < -0.39 is 18.2 Å². The molecular weight excluding hydrogens is 428 g/mol. The number of ether oxygens (including phenoxy) is 1. The van der Waals surface area contributed by atoms with Crippen LogP contribution < -0.4 is 0 Å². The smallest absolute Gasteiger partial charge is 0.309 e. The Morgan fingerprint density at radius 3 is 2.15 bits per heavy atom. The fourth-order valence-corrected chi connectivity index (χ4v) is 4.13. The molecule has 7 nitrogen and oxygen atoms in total. The van der Waals surface area contributed by atoms with Gasteiger partial charge in [-0.3, -0.25) is 4.79 Å². The predicted molar refractivity (Wildman–Crippen MR) is 131 cm³/mol. The normalized spacial score (nSPS) is 18.2. The minimum atomic E-state index is -0.709. The van der Waals surface area contributed by atoms with Crippen molar-refractivity contribution in [1.29, 1.82) is 0 Å². The molecule has 0 aliphatic carbocycles. The van der Waals surface area contributed by atoms with E-state index in [-0.39, 0.29) is 6.42 Å². The van der Waals surface area contributed by atoms with Gasteiger partial charge in [-0.25, -0.2) is 4.68 Å². The van der Waals surface area contributed by atoms with Crippen LogP contribution in [0.4, 0.5) is 0 Å². The van der Waals surface area contributed by atoms with E-state index in [9.17, 15) is 9.90 Å². The van der Waals surface area contributed by atoms with Crippen molar-refractivity contribution in [3.05, 3.63) is 87.8 Å². The van der Waals surface area contributed by atoms with E-state index in [1.807, 2.05) is 12.2 Å². The number of cyclic esters (lactones) is 1. The van der Waals surface area contributed by atoms with Gasteiger partial charge in [0.2, 0.25) is 0 Å². The highest BCUT2D eigenvalue weighted by molar-refractivity contribution is 6.01. The molecule has 176 valence electrons. The zero-order chi connectivity index (χ0) is 24.4. The number of hydrogen-bond acceptors (Lipinski definition) is 6. The molecular formula is C27H30N4O3. The number of carbonyl (C=O) groups is 1. The lowest BCUT2D eigenvalue weighted by Gasteiger charge is -2.23. The second kappa shape index (κ2) is 9.73. The molecule has 1 N–H and O–H groups in total. The Kier molecular flexibility index (Phi) is 6.75. The second-order valence-electron chi connectivity index (χ2n) is 8.99. The SMILES string of the molecule is Cc1ccc(C(=C(/C=C/[C@@H]2C[C@@H](O)CC(=O)O2)c2nnnn2C)c2ccc(C)c(C)c2)cc1C. The van der Waals surface area contributed by atoms with Crippen LogP contribution in [-0.4, -0.2) is 43.5 Å². The number of aliphatic hydroxyl groups is 1. The standard InChI is InChI=1S/C27H30N4O3/c1-16-6-8-20(12-18(16)3)26(21-9-7-17(2)19(4)13-21)24(27-28-29-30-31(27)5)11-10-23-14-22(32)15-25(33)34-23/h6-13,22-23,32H,14-15H2,1-5H3/b11-10+/t22-,23-/m1/s1. The van der Waals surface area contributed by atoms with Crippen LogP contribution >= 0.6 is 0 Å². The van der Waals surface area contributed by atoms with Gasteiger partial charge in [0.25, 0.3) is 0 Å². The highest BCUT2D eigenvalue weighted by Crippen LogP contribution is 2.34. The van der Waals surface area contributed by atoms with Gasteiger partial charge < -0.3 is 9.84 Å². The summed E-state index contributed by atoms with van der Waals surface area (Å²) in [5, 5.41) is 22.3. The van der Waals surface area contributed by atoms with Crippen molar-refractivity contribution in [3.8, 4) is 0 Å². The van der Waals surface area contributed by atoms with E-state index in [2.05, 4.69) is 79.6 Å². The summed E-state index contributed by atoms with van der Waals surface area (Å²) in [5.74, 6) is 0.188. The fraction of sp³-hybridized carbons (Fsp3) is 0.333. The van der Waals surface area contributed by atoms with Gasteiger partial charge in [-0.1, -0.05) is 42.5 Å². The van der Waals surface area contributed by atoms with Gasteiger partial charge in [0, 0.05) is 19.0 Å². The lowest BCUT2D eigenvalue weighted by Crippen LogP contribution is -2.31. The summed E-state index contributed by atoms with van der Waals surface area (Å²) in [4.78, 5) is 11.9. The third-order valence-corrected chi connectivity index (χ3v) is 6.39. The molecule has 0 bridgehead atoms. The Morgan fingerprint density at radius 2 is 1.65 bits per heavy atom. The monoisotopic (exact) mass is 458 g/mol. The first-order chi connectivity index (χ1) is 16.2. The second-order valence-corrected chi connectivity index (χ2v) is 8.99. The quantitative estimate of drug-likeness (QED) is 0.459. The summed E-state index contributed by atoms with van der Waals surface area (Å²) < 4.78 is 7.08. The van der Waals surface area contributed by atoms with Crippen molar-refractivity contribution in [2.45, 2.75) is 52.7 Å². The topological polar surface area (TPSA) is 90.1 Å². The minimum Gasteiger partial charge on any atom is -0.458 e. The first-order valence-corrected chi connectivity index (χ1v) is 11.4. The largest absolute Gasteiger partial charge is 0.458 e. The van der Waals surface area contributed by atoms with Crippen molar-refractivity contribution in [1.82, 2.24) is 20.2 Å². The van der Waals surface area contributed by atoms with Crippen LogP contribution in [0.1, 0.15) is 52.0 Å². The number of esters is 1. The minimum absolute atomic E-state index is 0.0246. The van der Waals surface area contributed by atoms with Crippen molar-refractivity contribution >= 4 is 17.1 Å². The molecule has 2 heterocycles. The molecule has 3 aromatic rings. The molecule has 2 aromatic carbocycles. The highest BCUT2D eigenvalue weighted by atomic mass is 16.5. The maximum absolute atomic E-state index is 11.9. The van der Waals surface area contributed by atoms with Crippen molar-refractivity contribution < 1.29 is 14.6 Å². The van der Waals surface area contributed by atoms with Gasteiger partial charge >= 0.3 is 5.97 Å². The fourth-order valence-electron chi connectivity index (χ4n) is 4.13. The van der Waals surface area contributed by atoms with Crippen LogP contribution in [0, 0.1) is 27.7 Å². The molecule has 0 unspecified atom stereocenters. The molecule has 0 saturated carbocycles. The van der Waals surface area contributed by atoms with Crippen LogP contribution in [0.15, 0.2) is 48.6 Å². The number of aryl methyl sites for hydroxylation is 5. The molecule has 1 saturated heterocycles. The van der Waals surface area contributed by atoms with Gasteiger partial charge in [-0.2, -0.15) is 0 Å². The molecule has 34 heavy (non-hydrogen) atoms. The molecule has 0 amide bonds. The number of allylic oxidation sites excluding steroid dienone is 2. The van der Waals surface area contributed by atoms with Gasteiger partial charge in [0.15, 0.2) is 5.82 Å². The lowest BCUT2D eigenvalue weighted by atomic mass is 9.89. The number of aromatic nitrogens is 4. The highest BCUT2D eigenvalue weighted by Gasteiger charge is 2.26. The number of rotatable bonds is 5. The maximum atomic E-state index is 11.9. The summed E-state index contributed by atoms with van der Waals surface area (Å²) in [6.45, 7) is 8.38. The van der Waals surface area contributed by atoms with Gasteiger partial charge in [-0.15, -0.1) is 5.10 Å². The molecule has 7 heteroatoms. The summed E-state index contributed by atoms with van der Waals surface area (Å²) in [6.07, 6.45) is 2.87. The summed E-state index contributed by atoms with van der Waals surface area (Å²) >= 11 is 0. The first kappa shape index (κ1) is 23.6. The Labute approximate surface area is 199 Å². The van der Waals surface area contributed by atoms with Gasteiger partial charge in [0.1, 0.15) is 6.10 Å². The van der Waals surface area contributed by atoms with Crippen molar-refractivity contribution in [3.63, 3.8) is 0 Å². The van der Waals surface area contributed by atoms with Gasteiger partial charge in [0.05, 0.1) is 12.5 Å². The first-order valence-electron chi connectivity index (χ1n) is 11.4. The molecule has 4 rings (SSSR count).